The quantitative estimate of drug-likeness (QED) is 0.521. The van der Waals surface area contributed by atoms with Crippen LogP contribution in [-0.2, 0) is 9.59 Å². The molecule has 0 bridgehead atoms. The third-order valence-electron chi connectivity index (χ3n) is 4.33. The summed E-state index contributed by atoms with van der Waals surface area (Å²) in [5, 5.41) is 11.5. The fourth-order valence-corrected chi connectivity index (χ4v) is 2.63. The maximum Gasteiger partial charge on any atom is 0.251 e. The largest absolute Gasteiger partial charge is 0.376 e. The third-order valence-corrected chi connectivity index (χ3v) is 4.33. The van der Waals surface area contributed by atoms with Crippen molar-refractivity contribution in [3.05, 3.63) is 53.6 Å². The molecule has 154 valence electrons. The molecule has 0 spiro atoms. The number of amides is 3. The highest BCUT2D eigenvalue weighted by Crippen LogP contribution is 2.23. The van der Waals surface area contributed by atoms with E-state index in [0.717, 1.165) is 23.4 Å². The summed E-state index contributed by atoms with van der Waals surface area (Å²) in [5.41, 5.74) is 3.53. The lowest BCUT2D eigenvalue weighted by atomic mass is 10.1. The monoisotopic (exact) mass is 396 g/mol. The van der Waals surface area contributed by atoms with Gasteiger partial charge in [-0.05, 0) is 55.3 Å². The van der Waals surface area contributed by atoms with Crippen molar-refractivity contribution in [1.29, 1.82) is 0 Å². The molecule has 0 aliphatic heterocycles. The van der Waals surface area contributed by atoms with Crippen molar-refractivity contribution in [2.45, 2.75) is 33.6 Å². The number of hydrogen-bond donors (Lipinski definition) is 4. The number of carbonyl (C=O) groups excluding carboxylic acids is 3. The van der Waals surface area contributed by atoms with Crippen molar-refractivity contribution in [3.8, 4) is 0 Å². The smallest absolute Gasteiger partial charge is 0.251 e. The van der Waals surface area contributed by atoms with Crippen LogP contribution in [0.2, 0.25) is 0 Å². The summed E-state index contributed by atoms with van der Waals surface area (Å²) in [7, 11) is 0. The minimum Gasteiger partial charge on any atom is -0.376 e. The molecule has 0 radical (unpaired) electrons. The highest BCUT2D eigenvalue weighted by molar-refractivity contribution is 5.97. The second kappa shape index (κ2) is 10.8. The van der Waals surface area contributed by atoms with Gasteiger partial charge in [0.05, 0.1) is 6.54 Å². The first kappa shape index (κ1) is 21.9. The van der Waals surface area contributed by atoms with Gasteiger partial charge in [-0.15, -0.1) is 0 Å². The Balaban J connectivity index is 1.91. The van der Waals surface area contributed by atoms with Gasteiger partial charge < -0.3 is 21.3 Å². The van der Waals surface area contributed by atoms with E-state index in [1.807, 2.05) is 32.0 Å². The van der Waals surface area contributed by atoms with Crippen LogP contribution in [-0.4, -0.2) is 30.8 Å². The van der Waals surface area contributed by atoms with Gasteiger partial charge in [0, 0.05) is 35.6 Å². The summed E-state index contributed by atoms with van der Waals surface area (Å²) in [6, 6.07) is 12.3. The van der Waals surface area contributed by atoms with E-state index < -0.39 is 0 Å². The molecule has 0 aliphatic carbocycles. The van der Waals surface area contributed by atoms with E-state index >= 15 is 0 Å². The van der Waals surface area contributed by atoms with E-state index in [9.17, 15) is 14.4 Å². The fourth-order valence-electron chi connectivity index (χ4n) is 2.63. The molecular weight excluding hydrogens is 368 g/mol. The fraction of sp³-hybridized carbons (Fsp3) is 0.318. The van der Waals surface area contributed by atoms with Crippen LogP contribution in [0.5, 0.6) is 0 Å². The minimum atomic E-state index is -0.212. The molecule has 7 heteroatoms. The Labute approximate surface area is 171 Å². The minimum absolute atomic E-state index is 0.0604. The topological polar surface area (TPSA) is 99.3 Å². The number of anilines is 3. The van der Waals surface area contributed by atoms with Crippen LogP contribution in [0.1, 0.15) is 42.6 Å². The molecule has 2 aromatic carbocycles. The maximum atomic E-state index is 12.2. The average molecular weight is 396 g/mol. The molecule has 3 amide bonds. The summed E-state index contributed by atoms with van der Waals surface area (Å²) < 4.78 is 0. The molecule has 2 aromatic rings. The second-order valence-electron chi connectivity index (χ2n) is 6.61. The van der Waals surface area contributed by atoms with E-state index in [1.54, 1.807) is 31.2 Å². The van der Waals surface area contributed by atoms with Crippen LogP contribution in [0, 0.1) is 6.92 Å². The first-order chi connectivity index (χ1) is 13.9. The Morgan fingerprint density at radius 2 is 1.55 bits per heavy atom. The van der Waals surface area contributed by atoms with Crippen LogP contribution < -0.4 is 21.3 Å². The molecule has 0 saturated carbocycles. The van der Waals surface area contributed by atoms with Gasteiger partial charge in [-0.1, -0.05) is 19.9 Å². The van der Waals surface area contributed by atoms with Gasteiger partial charge >= 0.3 is 0 Å². The lowest BCUT2D eigenvalue weighted by molar-refractivity contribution is -0.116. The van der Waals surface area contributed by atoms with Crippen molar-refractivity contribution in [2.75, 3.05) is 29.0 Å². The van der Waals surface area contributed by atoms with Crippen molar-refractivity contribution < 1.29 is 14.4 Å². The predicted molar refractivity (Wildman–Crippen MR) is 116 cm³/mol. The Hall–Kier alpha value is -3.35. The first-order valence-electron chi connectivity index (χ1n) is 9.76. The van der Waals surface area contributed by atoms with Gasteiger partial charge in [-0.3, -0.25) is 14.4 Å². The number of carbonyl (C=O) groups is 3. The van der Waals surface area contributed by atoms with Gasteiger partial charge in [0.25, 0.3) is 5.91 Å². The van der Waals surface area contributed by atoms with Gasteiger partial charge in [0.1, 0.15) is 0 Å². The zero-order valence-electron chi connectivity index (χ0n) is 17.1. The van der Waals surface area contributed by atoms with Crippen LogP contribution >= 0.6 is 0 Å². The number of nitrogens with one attached hydrogen (secondary N) is 4. The molecule has 0 aliphatic rings. The van der Waals surface area contributed by atoms with E-state index in [2.05, 4.69) is 21.3 Å². The van der Waals surface area contributed by atoms with Gasteiger partial charge in [0.15, 0.2) is 0 Å². The zero-order valence-corrected chi connectivity index (χ0v) is 17.1. The molecule has 0 fully saturated rings. The van der Waals surface area contributed by atoms with Gasteiger partial charge in [0.2, 0.25) is 11.8 Å². The average Bonchev–Trinajstić information content (AvgIpc) is 2.73. The highest BCUT2D eigenvalue weighted by atomic mass is 16.2. The van der Waals surface area contributed by atoms with Crippen LogP contribution in [0.25, 0.3) is 0 Å². The van der Waals surface area contributed by atoms with Crippen LogP contribution in [0.15, 0.2) is 42.5 Å². The first-order valence-corrected chi connectivity index (χ1v) is 9.76. The standard InChI is InChI=1S/C22H28N4O3/c1-4-13-23-22(29)16-9-11-17(12-10-16)25-21(28)14-24-18-7-6-8-19(15(18)3)26-20(27)5-2/h6-12,24H,4-5,13-14H2,1-3H3,(H,23,29)(H,25,28)(H,26,27). The summed E-state index contributed by atoms with van der Waals surface area (Å²) in [6.45, 7) is 6.37. The van der Waals surface area contributed by atoms with E-state index in [4.69, 9.17) is 0 Å². The molecule has 7 nitrogen and oxygen atoms in total. The summed E-state index contributed by atoms with van der Waals surface area (Å²) in [6.07, 6.45) is 1.28. The summed E-state index contributed by atoms with van der Waals surface area (Å²) >= 11 is 0. The molecule has 0 heterocycles. The Kier molecular flexibility index (Phi) is 8.21. The summed E-state index contributed by atoms with van der Waals surface area (Å²) in [4.78, 5) is 35.8. The SMILES string of the molecule is CCCNC(=O)c1ccc(NC(=O)CNc2cccc(NC(=O)CC)c2C)cc1. The van der Waals surface area contributed by atoms with Crippen molar-refractivity contribution in [1.82, 2.24) is 5.32 Å². The highest BCUT2D eigenvalue weighted by Gasteiger charge is 2.09. The van der Waals surface area contributed by atoms with Crippen molar-refractivity contribution in [3.63, 3.8) is 0 Å². The number of rotatable bonds is 9. The van der Waals surface area contributed by atoms with Crippen molar-refractivity contribution >= 4 is 34.8 Å². The summed E-state index contributed by atoms with van der Waals surface area (Å²) in [5.74, 6) is -0.401. The maximum absolute atomic E-state index is 12.2. The molecule has 0 aromatic heterocycles. The molecule has 2 rings (SSSR count). The van der Waals surface area contributed by atoms with E-state index in [-0.39, 0.29) is 24.3 Å². The lowest BCUT2D eigenvalue weighted by Gasteiger charge is -2.14. The molecule has 0 unspecified atom stereocenters. The number of benzene rings is 2. The van der Waals surface area contributed by atoms with Gasteiger partial charge in [-0.25, -0.2) is 0 Å². The second-order valence-corrected chi connectivity index (χ2v) is 6.61. The van der Waals surface area contributed by atoms with Crippen LogP contribution in [0.4, 0.5) is 17.1 Å². The predicted octanol–water partition coefficient (Wildman–Crippen LogP) is 3.53. The van der Waals surface area contributed by atoms with E-state index in [0.29, 0.717) is 24.2 Å². The Morgan fingerprint density at radius 1 is 0.862 bits per heavy atom. The van der Waals surface area contributed by atoms with Crippen LogP contribution in [0.3, 0.4) is 0 Å². The van der Waals surface area contributed by atoms with Crippen molar-refractivity contribution in [2.24, 2.45) is 0 Å². The molecule has 0 saturated heterocycles. The molecular formula is C22H28N4O3. The normalized spacial score (nSPS) is 10.2. The Morgan fingerprint density at radius 3 is 2.21 bits per heavy atom. The lowest BCUT2D eigenvalue weighted by Crippen LogP contribution is -2.24. The van der Waals surface area contributed by atoms with Gasteiger partial charge in [-0.2, -0.15) is 0 Å². The third kappa shape index (κ3) is 6.64. The zero-order chi connectivity index (χ0) is 21.2. The van der Waals surface area contributed by atoms with E-state index in [1.165, 1.54) is 0 Å². The molecule has 0 atom stereocenters. The number of hydrogen-bond acceptors (Lipinski definition) is 4. The molecule has 29 heavy (non-hydrogen) atoms. The molecule has 4 N–H and O–H groups in total. The Bertz CT molecular complexity index is 863.